The van der Waals surface area contributed by atoms with Gasteiger partial charge in [0.05, 0.1) is 7.11 Å². The number of rotatable bonds is 5. The second-order valence-corrected chi connectivity index (χ2v) is 4.24. The normalized spacial score (nSPS) is 10.3. The van der Waals surface area contributed by atoms with E-state index in [1.165, 1.54) is 0 Å². The van der Waals surface area contributed by atoms with Crippen LogP contribution in [0.1, 0.15) is 26.7 Å². The van der Waals surface area contributed by atoms with Gasteiger partial charge in [0.2, 0.25) is 0 Å². The molecule has 0 saturated heterocycles. The minimum Gasteiger partial charge on any atom is -0.497 e. The Morgan fingerprint density at radius 2 is 2.06 bits per heavy atom. The first-order valence-electron chi connectivity index (χ1n) is 6.30. The van der Waals surface area contributed by atoms with Gasteiger partial charge in [-0.1, -0.05) is 19.9 Å². The molecule has 0 aliphatic carbocycles. The van der Waals surface area contributed by atoms with E-state index in [0.717, 1.165) is 24.3 Å². The third-order valence-electron chi connectivity index (χ3n) is 3.13. The Morgan fingerprint density at radius 3 is 2.61 bits per heavy atom. The van der Waals surface area contributed by atoms with Crippen LogP contribution in [0.4, 0.5) is 10.5 Å². The molecule has 2 amide bonds. The predicted octanol–water partition coefficient (Wildman–Crippen LogP) is 3.35. The van der Waals surface area contributed by atoms with Gasteiger partial charge in [0.15, 0.2) is 0 Å². The number of nitrogens with zero attached hydrogens (tertiary/aromatic N) is 1. The summed E-state index contributed by atoms with van der Waals surface area (Å²) in [6, 6.07) is 7.54. The van der Waals surface area contributed by atoms with Crippen molar-refractivity contribution in [3.8, 4) is 5.75 Å². The van der Waals surface area contributed by atoms with Gasteiger partial charge in [0, 0.05) is 24.8 Å². The van der Waals surface area contributed by atoms with Crippen LogP contribution in [-0.4, -0.2) is 31.1 Å². The molecular formula is C14H22N2O2. The van der Waals surface area contributed by atoms with E-state index in [2.05, 4.69) is 19.2 Å². The quantitative estimate of drug-likeness (QED) is 0.870. The average Bonchev–Trinajstić information content (AvgIpc) is 2.40. The fourth-order valence-corrected chi connectivity index (χ4v) is 1.91. The number of hydrogen-bond acceptors (Lipinski definition) is 2. The third-order valence-corrected chi connectivity index (χ3v) is 3.13. The summed E-state index contributed by atoms with van der Waals surface area (Å²) in [4.78, 5) is 13.8. The Hall–Kier alpha value is -1.71. The van der Waals surface area contributed by atoms with Gasteiger partial charge in [-0.15, -0.1) is 0 Å². The third kappa shape index (κ3) is 3.65. The summed E-state index contributed by atoms with van der Waals surface area (Å²) in [6.45, 7) is 4.17. The zero-order chi connectivity index (χ0) is 13.5. The summed E-state index contributed by atoms with van der Waals surface area (Å²) in [5.74, 6) is 0.734. The van der Waals surface area contributed by atoms with Crippen molar-refractivity contribution in [1.29, 1.82) is 0 Å². The summed E-state index contributed by atoms with van der Waals surface area (Å²) in [6.07, 6.45) is 1.91. The number of anilines is 1. The maximum absolute atomic E-state index is 12.0. The van der Waals surface area contributed by atoms with Crippen molar-refractivity contribution in [1.82, 2.24) is 4.90 Å². The Morgan fingerprint density at radius 1 is 1.39 bits per heavy atom. The van der Waals surface area contributed by atoms with Crippen molar-refractivity contribution in [2.45, 2.75) is 32.7 Å². The summed E-state index contributed by atoms with van der Waals surface area (Å²) < 4.78 is 5.12. The van der Waals surface area contributed by atoms with Crippen LogP contribution >= 0.6 is 0 Å². The van der Waals surface area contributed by atoms with E-state index < -0.39 is 0 Å². The molecule has 0 bridgehead atoms. The Balaban J connectivity index is 2.68. The fraction of sp³-hybridized carbons (Fsp3) is 0.500. The molecule has 4 nitrogen and oxygen atoms in total. The smallest absolute Gasteiger partial charge is 0.321 e. The van der Waals surface area contributed by atoms with E-state index in [1.54, 1.807) is 18.1 Å². The van der Waals surface area contributed by atoms with Gasteiger partial charge in [0.1, 0.15) is 5.75 Å². The molecule has 100 valence electrons. The van der Waals surface area contributed by atoms with Gasteiger partial charge in [-0.05, 0) is 25.0 Å². The average molecular weight is 250 g/mol. The second-order valence-electron chi connectivity index (χ2n) is 4.24. The largest absolute Gasteiger partial charge is 0.497 e. The molecule has 0 heterocycles. The number of methoxy groups -OCH3 is 1. The number of benzene rings is 1. The predicted molar refractivity (Wildman–Crippen MR) is 74.1 cm³/mol. The molecule has 0 radical (unpaired) electrons. The highest BCUT2D eigenvalue weighted by Crippen LogP contribution is 2.17. The molecule has 1 N–H and O–H groups in total. The van der Waals surface area contributed by atoms with Gasteiger partial charge in [-0.3, -0.25) is 0 Å². The van der Waals surface area contributed by atoms with Crippen LogP contribution in [0.3, 0.4) is 0 Å². The minimum absolute atomic E-state index is 0.0862. The van der Waals surface area contributed by atoms with E-state index in [0.29, 0.717) is 0 Å². The minimum atomic E-state index is -0.0862. The van der Waals surface area contributed by atoms with Gasteiger partial charge in [0.25, 0.3) is 0 Å². The van der Waals surface area contributed by atoms with E-state index >= 15 is 0 Å². The Labute approximate surface area is 109 Å². The Kier molecular flexibility index (Phi) is 5.49. The van der Waals surface area contributed by atoms with E-state index in [1.807, 2.05) is 25.2 Å². The van der Waals surface area contributed by atoms with E-state index in [-0.39, 0.29) is 12.1 Å². The maximum Gasteiger partial charge on any atom is 0.321 e. The molecule has 0 aliphatic rings. The number of ether oxygens (including phenoxy) is 1. The molecule has 1 aromatic carbocycles. The van der Waals surface area contributed by atoms with Crippen LogP contribution in [0.2, 0.25) is 0 Å². The highest BCUT2D eigenvalue weighted by Gasteiger charge is 2.16. The van der Waals surface area contributed by atoms with Gasteiger partial charge < -0.3 is 15.0 Å². The molecule has 4 heteroatoms. The summed E-state index contributed by atoms with van der Waals surface area (Å²) in [5, 5.41) is 2.87. The lowest BCUT2D eigenvalue weighted by Gasteiger charge is -2.26. The molecule has 0 aromatic heterocycles. The zero-order valence-corrected chi connectivity index (χ0v) is 11.6. The number of nitrogens with one attached hydrogen (secondary N) is 1. The zero-order valence-electron chi connectivity index (χ0n) is 11.6. The van der Waals surface area contributed by atoms with Gasteiger partial charge >= 0.3 is 6.03 Å². The van der Waals surface area contributed by atoms with Crippen molar-refractivity contribution in [2.75, 3.05) is 19.5 Å². The number of hydrogen-bond donors (Lipinski definition) is 1. The van der Waals surface area contributed by atoms with Crippen LogP contribution in [-0.2, 0) is 0 Å². The summed E-state index contributed by atoms with van der Waals surface area (Å²) >= 11 is 0. The number of urea groups is 1. The SMILES string of the molecule is CCC(CC)N(C)C(=O)Nc1cccc(OC)c1. The van der Waals surface area contributed by atoms with Crippen LogP contribution in [0.25, 0.3) is 0 Å². The molecule has 0 atom stereocenters. The topological polar surface area (TPSA) is 41.6 Å². The molecule has 0 saturated carbocycles. The molecule has 1 aromatic rings. The van der Waals surface area contributed by atoms with E-state index in [4.69, 9.17) is 4.74 Å². The first-order chi connectivity index (χ1) is 8.62. The van der Waals surface area contributed by atoms with Crippen LogP contribution < -0.4 is 10.1 Å². The standard InChI is InChI=1S/C14H22N2O2/c1-5-12(6-2)16(3)14(17)15-11-8-7-9-13(10-11)18-4/h7-10,12H,5-6H2,1-4H3,(H,15,17). The highest BCUT2D eigenvalue weighted by atomic mass is 16.5. The van der Waals surface area contributed by atoms with Crippen molar-refractivity contribution >= 4 is 11.7 Å². The van der Waals surface area contributed by atoms with Gasteiger partial charge in [-0.2, -0.15) is 0 Å². The molecular weight excluding hydrogens is 228 g/mol. The molecule has 0 aliphatic heterocycles. The van der Waals surface area contributed by atoms with Crippen molar-refractivity contribution < 1.29 is 9.53 Å². The van der Waals surface area contributed by atoms with Crippen molar-refractivity contribution in [3.05, 3.63) is 24.3 Å². The van der Waals surface area contributed by atoms with Crippen LogP contribution in [0, 0.1) is 0 Å². The van der Waals surface area contributed by atoms with Gasteiger partial charge in [-0.25, -0.2) is 4.79 Å². The lowest BCUT2D eigenvalue weighted by molar-refractivity contribution is 0.200. The molecule has 1 rings (SSSR count). The molecule has 0 spiro atoms. The summed E-state index contributed by atoms with van der Waals surface area (Å²) in [5.41, 5.74) is 0.747. The maximum atomic E-state index is 12.0. The van der Waals surface area contributed by atoms with E-state index in [9.17, 15) is 4.79 Å². The molecule has 0 unspecified atom stereocenters. The molecule has 0 fully saturated rings. The number of carbonyl (C=O) groups excluding carboxylic acids is 1. The van der Waals surface area contributed by atoms with Crippen LogP contribution in [0.5, 0.6) is 5.75 Å². The number of amides is 2. The van der Waals surface area contributed by atoms with Crippen LogP contribution in [0.15, 0.2) is 24.3 Å². The monoisotopic (exact) mass is 250 g/mol. The van der Waals surface area contributed by atoms with Crippen molar-refractivity contribution in [2.24, 2.45) is 0 Å². The molecule has 18 heavy (non-hydrogen) atoms. The number of carbonyl (C=O) groups is 1. The lowest BCUT2D eigenvalue weighted by atomic mass is 10.1. The first-order valence-corrected chi connectivity index (χ1v) is 6.30. The highest BCUT2D eigenvalue weighted by molar-refractivity contribution is 5.89. The second kappa shape index (κ2) is 6.89. The summed E-state index contributed by atoms with van der Waals surface area (Å²) in [7, 11) is 3.43. The Bertz CT molecular complexity index is 389. The lowest BCUT2D eigenvalue weighted by Crippen LogP contribution is -2.39. The first kappa shape index (κ1) is 14.4. The van der Waals surface area contributed by atoms with Crippen molar-refractivity contribution in [3.63, 3.8) is 0 Å². The fourth-order valence-electron chi connectivity index (χ4n) is 1.91.